The summed E-state index contributed by atoms with van der Waals surface area (Å²) < 4.78 is 5.20. The average molecular weight is 246 g/mol. The number of carboxylic acid groups (broad SMARTS) is 1. The Morgan fingerprint density at radius 2 is 1.94 bits per heavy atom. The smallest absolute Gasteiger partial charge is 0.310 e. The maximum atomic E-state index is 11.0. The quantitative estimate of drug-likeness (QED) is 0.873. The van der Waals surface area contributed by atoms with E-state index in [0.717, 1.165) is 5.39 Å². The lowest BCUT2D eigenvalue weighted by atomic mass is 9.96. The predicted octanol–water partition coefficient (Wildman–Crippen LogP) is 2.74. The van der Waals surface area contributed by atoms with Crippen LogP contribution >= 0.6 is 0 Å². The Morgan fingerprint density at radius 1 is 1.22 bits per heavy atom. The van der Waals surface area contributed by atoms with Gasteiger partial charge in [0.15, 0.2) is 0 Å². The number of hydrogen-bond donors (Lipinski definition) is 2. The Labute approximate surface area is 104 Å². The van der Waals surface area contributed by atoms with Gasteiger partial charge in [0.05, 0.1) is 13.0 Å². The van der Waals surface area contributed by atoms with Crippen molar-refractivity contribution in [3.63, 3.8) is 0 Å². The lowest BCUT2D eigenvalue weighted by Crippen LogP contribution is -2.07. The summed E-state index contributed by atoms with van der Waals surface area (Å²) in [7, 11) is 1.56. The van der Waals surface area contributed by atoms with Crippen LogP contribution in [0.2, 0.25) is 0 Å². The first-order valence-electron chi connectivity index (χ1n) is 5.57. The Balaban J connectivity index is 2.69. The molecular formula is C14H14O4. The van der Waals surface area contributed by atoms with Crippen molar-refractivity contribution in [2.45, 2.75) is 12.8 Å². The van der Waals surface area contributed by atoms with Crippen LogP contribution in [0.5, 0.6) is 11.5 Å². The molecule has 2 rings (SSSR count). The van der Waals surface area contributed by atoms with Gasteiger partial charge in [-0.25, -0.2) is 0 Å². The first-order chi connectivity index (χ1) is 8.56. The number of carbonyl (C=O) groups is 1. The van der Waals surface area contributed by atoms with Crippen molar-refractivity contribution in [1.29, 1.82) is 0 Å². The number of rotatable bonds is 3. The number of benzene rings is 2. The summed E-state index contributed by atoms with van der Waals surface area (Å²) in [6.45, 7) is 1.55. The van der Waals surface area contributed by atoms with E-state index >= 15 is 0 Å². The van der Waals surface area contributed by atoms with Gasteiger partial charge < -0.3 is 14.9 Å². The molecule has 0 bridgehead atoms. The molecule has 0 fully saturated rings. The molecule has 0 spiro atoms. The molecule has 0 heterocycles. The molecular weight excluding hydrogens is 232 g/mol. The fourth-order valence-electron chi connectivity index (χ4n) is 1.99. The number of hydrogen-bond acceptors (Lipinski definition) is 3. The molecule has 0 amide bonds. The molecule has 2 N–H and O–H groups in total. The second-order valence-electron chi connectivity index (χ2n) is 4.12. The van der Waals surface area contributed by atoms with Gasteiger partial charge in [0.1, 0.15) is 11.5 Å². The second kappa shape index (κ2) is 4.56. The van der Waals surface area contributed by atoms with Gasteiger partial charge >= 0.3 is 5.97 Å². The first kappa shape index (κ1) is 12.2. The average Bonchev–Trinajstić information content (AvgIpc) is 2.38. The largest absolute Gasteiger partial charge is 0.507 e. The van der Waals surface area contributed by atoms with Gasteiger partial charge in [-0.1, -0.05) is 24.3 Å². The molecule has 2 aromatic carbocycles. The van der Waals surface area contributed by atoms with Crippen LogP contribution in [0.15, 0.2) is 30.3 Å². The number of methoxy groups -OCH3 is 1. The Morgan fingerprint density at radius 3 is 2.56 bits per heavy atom. The summed E-state index contributed by atoms with van der Waals surface area (Å²) in [5.41, 5.74) is 0.406. The first-order valence-corrected chi connectivity index (χ1v) is 5.57. The zero-order valence-corrected chi connectivity index (χ0v) is 10.2. The Bertz CT molecular complexity index is 604. The molecule has 0 aliphatic rings. The Hall–Kier alpha value is -2.23. The van der Waals surface area contributed by atoms with Crippen molar-refractivity contribution in [3.05, 3.63) is 35.9 Å². The van der Waals surface area contributed by atoms with Crippen LogP contribution in [0.4, 0.5) is 0 Å². The van der Waals surface area contributed by atoms with Crippen molar-refractivity contribution in [3.8, 4) is 11.5 Å². The molecule has 4 nitrogen and oxygen atoms in total. The van der Waals surface area contributed by atoms with E-state index in [0.29, 0.717) is 16.7 Å². The van der Waals surface area contributed by atoms with Gasteiger partial charge in [-0.05, 0) is 13.0 Å². The van der Waals surface area contributed by atoms with Gasteiger partial charge in [0, 0.05) is 16.3 Å². The molecule has 0 aromatic heterocycles. The van der Waals surface area contributed by atoms with E-state index in [2.05, 4.69) is 0 Å². The van der Waals surface area contributed by atoms with Gasteiger partial charge in [-0.15, -0.1) is 0 Å². The number of fused-ring (bicyclic) bond motifs is 1. The zero-order valence-electron chi connectivity index (χ0n) is 10.2. The highest BCUT2D eigenvalue weighted by molar-refractivity contribution is 5.95. The lowest BCUT2D eigenvalue weighted by Gasteiger charge is -2.13. The molecule has 1 atom stereocenters. The highest BCUT2D eigenvalue weighted by atomic mass is 16.5. The van der Waals surface area contributed by atoms with E-state index < -0.39 is 11.9 Å². The minimum atomic E-state index is -0.965. The standard InChI is InChI=1S/C14H14O4/c1-8(14(16)17)9-6-7-10-11(13(9)15)4-3-5-12(10)18-2/h3-8,15H,1-2H3,(H,16,17). The van der Waals surface area contributed by atoms with Crippen LogP contribution in [0.3, 0.4) is 0 Å². The van der Waals surface area contributed by atoms with E-state index in [1.54, 1.807) is 44.4 Å². The summed E-state index contributed by atoms with van der Waals surface area (Å²) in [6, 6.07) is 8.69. The maximum absolute atomic E-state index is 11.0. The van der Waals surface area contributed by atoms with E-state index in [4.69, 9.17) is 9.84 Å². The molecule has 94 valence electrons. The lowest BCUT2D eigenvalue weighted by molar-refractivity contribution is -0.138. The molecule has 0 radical (unpaired) electrons. The molecule has 0 saturated heterocycles. The van der Waals surface area contributed by atoms with Gasteiger partial charge in [-0.3, -0.25) is 4.79 Å². The number of carboxylic acids is 1. The third kappa shape index (κ3) is 1.86. The summed E-state index contributed by atoms with van der Waals surface area (Å²) >= 11 is 0. The van der Waals surface area contributed by atoms with Crippen molar-refractivity contribution >= 4 is 16.7 Å². The fraction of sp³-hybridized carbons (Fsp3) is 0.214. The fourth-order valence-corrected chi connectivity index (χ4v) is 1.99. The number of aliphatic carboxylic acids is 1. The minimum absolute atomic E-state index is 0.00120. The van der Waals surface area contributed by atoms with E-state index in [1.807, 2.05) is 0 Å². The molecule has 1 unspecified atom stereocenters. The highest BCUT2D eigenvalue weighted by Gasteiger charge is 2.19. The van der Waals surface area contributed by atoms with Crippen LogP contribution in [0, 0.1) is 0 Å². The van der Waals surface area contributed by atoms with Crippen LogP contribution in [-0.4, -0.2) is 23.3 Å². The van der Waals surface area contributed by atoms with Crippen molar-refractivity contribution in [2.24, 2.45) is 0 Å². The highest BCUT2D eigenvalue weighted by Crippen LogP contribution is 2.37. The zero-order chi connectivity index (χ0) is 13.3. The number of phenolic OH excluding ortho intramolecular Hbond substituents is 1. The maximum Gasteiger partial charge on any atom is 0.310 e. The minimum Gasteiger partial charge on any atom is -0.507 e. The normalized spacial score (nSPS) is 12.3. The van der Waals surface area contributed by atoms with Crippen molar-refractivity contribution < 1.29 is 19.7 Å². The van der Waals surface area contributed by atoms with Crippen LogP contribution < -0.4 is 4.74 Å². The third-order valence-corrected chi connectivity index (χ3v) is 3.08. The number of ether oxygens (including phenoxy) is 1. The molecule has 18 heavy (non-hydrogen) atoms. The number of aromatic hydroxyl groups is 1. The topological polar surface area (TPSA) is 66.8 Å². The Kier molecular flexibility index (Phi) is 3.10. The van der Waals surface area contributed by atoms with E-state index in [-0.39, 0.29) is 5.75 Å². The summed E-state index contributed by atoms with van der Waals surface area (Å²) in [5, 5.41) is 20.5. The second-order valence-corrected chi connectivity index (χ2v) is 4.12. The van der Waals surface area contributed by atoms with Crippen LogP contribution in [0.1, 0.15) is 18.4 Å². The molecule has 0 aliphatic carbocycles. The van der Waals surface area contributed by atoms with Crippen molar-refractivity contribution in [1.82, 2.24) is 0 Å². The summed E-state index contributed by atoms with van der Waals surface area (Å²) in [5.74, 6) is -1.06. The molecule has 0 aliphatic heterocycles. The number of phenols is 1. The van der Waals surface area contributed by atoms with Gasteiger partial charge in [0.2, 0.25) is 0 Å². The van der Waals surface area contributed by atoms with Crippen LogP contribution in [0.25, 0.3) is 10.8 Å². The molecule has 4 heteroatoms. The third-order valence-electron chi connectivity index (χ3n) is 3.08. The SMILES string of the molecule is COc1cccc2c(O)c(C(C)C(=O)O)ccc12. The summed E-state index contributed by atoms with van der Waals surface area (Å²) in [4.78, 5) is 11.0. The van der Waals surface area contributed by atoms with Gasteiger partial charge in [0.25, 0.3) is 0 Å². The predicted molar refractivity (Wildman–Crippen MR) is 68.2 cm³/mol. The van der Waals surface area contributed by atoms with E-state index in [1.165, 1.54) is 0 Å². The van der Waals surface area contributed by atoms with Crippen molar-refractivity contribution in [2.75, 3.05) is 7.11 Å². The molecule has 2 aromatic rings. The van der Waals surface area contributed by atoms with Crippen LogP contribution in [-0.2, 0) is 4.79 Å². The summed E-state index contributed by atoms with van der Waals surface area (Å²) in [6.07, 6.45) is 0. The molecule has 0 saturated carbocycles. The van der Waals surface area contributed by atoms with E-state index in [9.17, 15) is 9.90 Å². The van der Waals surface area contributed by atoms with Gasteiger partial charge in [-0.2, -0.15) is 0 Å². The monoisotopic (exact) mass is 246 g/mol.